The van der Waals surface area contributed by atoms with Gasteiger partial charge in [0.2, 0.25) is 5.88 Å². The van der Waals surface area contributed by atoms with Crippen molar-refractivity contribution in [1.29, 1.82) is 0 Å². The third-order valence-electron chi connectivity index (χ3n) is 1.95. The Balaban J connectivity index is 2.24. The molecule has 5 nitrogen and oxygen atoms in total. The van der Waals surface area contributed by atoms with Crippen molar-refractivity contribution < 1.29 is 9.47 Å². The highest BCUT2D eigenvalue weighted by Crippen LogP contribution is 2.04. The molecule has 1 aromatic rings. The Morgan fingerprint density at radius 2 is 2.12 bits per heavy atom. The molecule has 0 fully saturated rings. The average Bonchev–Trinajstić information content (AvgIpc) is 2.29. The number of aromatic nitrogens is 2. The van der Waals surface area contributed by atoms with E-state index in [1.165, 1.54) is 0 Å². The van der Waals surface area contributed by atoms with Crippen LogP contribution < -0.4 is 10.1 Å². The molecule has 0 aromatic carbocycles. The molecule has 1 aromatic heterocycles. The van der Waals surface area contributed by atoms with Crippen molar-refractivity contribution in [1.82, 2.24) is 15.3 Å². The standard InChI is InChI=1S/C12H21N3O2/c1-10(2)9-16-4-5-17-12-8-14-7-11(15-12)6-13-3/h7-8,10,13H,4-6,9H2,1-3H3. The molecule has 0 radical (unpaired) electrons. The lowest BCUT2D eigenvalue weighted by Gasteiger charge is -2.08. The summed E-state index contributed by atoms with van der Waals surface area (Å²) in [5.74, 6) is 1.10. The van der Waals surface area contributed by atoms with Gasteiger partial charge in [0.05, 0.1) is 18.5 Å². The maximum atomic E-state index is 5.45. The smallest absolute Gasteiger partial charge is 0.232 e. The Hall–Kier alpha value is -1.20. The van der Waals surface area contributed by atoms with E-state index in [0.29, 0.717) is 31.6 Å². The second-order valence-corrected chi connectivity index (χ2v) is 4.20. The van der Waals surface area contributed by atoms with Gasteiger partial charge in [0.15, 0.2) is 0 Å². The lowest BCUT2D eigenvalue weighted by molar-refractivity contribution is 0.0804. The zero-order chi connectivity index (χ0) is 12.5. The van der Waals surface area contributed by atoms with Crippen molar-refractivity contribution in [2.75, 3.05) is 26.9 Å². The van der Waals surface area contributed by atoms with E-state index < -0.39 is 0 Å². The van der Waals surface area contributed by atoms with Crippen molar-refractivity contribution in [3.05, 3.63) is 18.1 Å². The van der Waals surface area contributed by atoms with Gasteiger partial charge in [-0.1, -0.05) is 13.8 Å². The van der Waals surface area contributed by atoms with E-state index in [1.807, 2.05) is 7.05 Å². The average molecular weight is 239 g/mol. The SMILES string of the molecule is CNCc1cncc(OCCOCC(C)C)n1. The molecule has 1 rings (SSSR count). The van der Waals surface area contributed by atoms with Crippen molar-refractivity contribution in [2.45, 2.75) is 20.4 Å². The van der Waals surface area contributed by atoms with E-state index in [2.05, 4.69) is 29.1 Å². The van der Waals surface area contributed by atoms with Crippen molar-refractivity contribution in [3.63, 3.8) is 0 Å². The van der Waals surface area contributed by atoms with Crippen LogP contribution in [-0.4, -0.2) is 36.8 Å². The number of ether oxygens (including phenoxy) is 2. The van der Waals surface area contributed by atoms with Gasteiger partial charge in [-0.3, -0.25) is 4.98 Å². The molecular formula is C12H21N3O2. The van der Waals surface area contributed by atoms with E-state index >= 15 is 0 Å². The number of hydrogen-bond acceptors (Lipinski definition) is 5. The summed E-state index contributed by atoms with van der Waals surface area (Å²) in [5, 5.41) is 3.02. The first-order chi connectivity index (χ1) is 8.22. The quantitative estimate of drug-likeness (QED) is 0.692. The number of nitrogens with zero attached hydrogens (tertiary/aromatic N) is 2. The Labute approximate surface area is 103 Å². The molecule has 0 aliphatic rings. The highest BCUT2D eigenvalue weighted by molar-refractivity contribution is 5.08. The Kier molecular flexibility index (Phi) is 6.50. The summed E-state index contributed by atoms with van der Waals surface area (Å²) in [4.78, 5) is 8.35. The Bertz CT molecular complexity index is 318. The molecule has 17 heavy (non-hydrogen) atoms. The van der Waals surface area contributed by atoms with E-state index in [4.69, 9.17) is 9.47 Å². The van der Waals surface area contributed by atoms with Gasteiger partial charge in [0.1, 0.15) is 6.61 Å². The second kappa shape index (κ2) is 7.97. The van der Waals surface area contributed by atoms with E-state index in [-0.39, 0.29) is 0 Å². The highest BCUT2D eigenvalue weighted by atomic mass is 16.5. The van der Waals surface area contributed by atoms with Crippen LogP contribution in [0.2, 0.25) is 0 Å². The van der Waals surface area contributed by atoms with Gasteiger partial charge in [-0.25, -0.2) is 4.98 Å². The minimum atomic E-state index is 0.504. The largest absolute Gasteiger partial charge is 0.474 e. The van der Waals surface area contributed by atoms with Crippen LogP contribution in [0.1, 0.15) is 19.5 Å². The summed E-state index contributed by atoms with van der Waals surface area (Å²) in [5.41, 5.74) is 0.869. The molecule has 0 aliphatic carbocycles. The fourth-order valence-electron chi connectivity index (χ4n) is 1.25. The fraction of sp³-hybridized carbons (Fsp3) is 0.667. The third-order valence-corrected chi connectivity index (χ3v) is 1.95. The van der Waals surface area contributed by atoms with Gasteiger partial charge in [-0.2, -0.15) is 0 Å². The summed E-state index contributed by atoms with van der Waals surface area (Å²) >= 11 is 0. The maximum absolute atomic E-state index is 5.45. The lowest BCUT2D eigenvalue weighted by atomic mass is 10.2. The third kappa shape index (κ3) is 6.19. The minimum Gasteiger partial charge on any atom is -0.474 e. The predicted octanol–water partition coefficient (Wildman–Crippen LogP) is 1.25. The fourth-order valence-corrected chi connectivity index (χ4v) is 1.25. The molecule has 0 atom stereocenters. The summed E-state index contributed by atoms with van der Waals surface area (Å²) in [6.07, 6.45) is 3.33. The predicted molar refractivity (Wildman–Crippen MR) is 65.9 cm³/mol. The summed E-state index contributed by atoms with van der Waals surface area (Å²) < 4.78 is 10.9. The maximum Gasteiger partial charge on any atom is 0.232 e. The summed E-state index contributed by atoms with van der Waals surface area (Å²) in [6, 6.07) is 0. The highest BCUT2D eigenvalue weighted by Gasteiger charge is 1.99. The van der Waals surface area contributed by atoms with Crippen LogP contribution in [0.25, 0.3) is 0 Å². The molecule has 0 bridgehead atoms. The van der Waals surface area contributed by atoms with Gasteiger partial charge in [0, 0.05) is 19.3 Å². The van der Waals surface area contributed by atoms with Crippen LogP contribution in [0.15, 0.2) is 12.4 Å². The molecule has 1 heterocycles. The second-order valence-electron chi connectivity index (χ2n) is 4.20. The number of rotatable bonds is 8. The molecule has 5 heteroatoms. The van der Waals surface area contributed by atoms with Gasteiger partial charge in [-0.15, -0.1) is 0 Å². The van der Waals surface area contributed by atoms with E-state index in [9.17, 15) is 0 Å². The molecule has 0 aliphatic heterocycles. The van der Waals surface area contributed by atoms with Gasteiger partial charge in [-0.05, 0) is 13.0 Å². The molecule has 0 saturated carbocycles. The Morgan fingerprint density at radius 1 is 1.29 bits per heavy atom. The summed E-state index contributed by atoms with van der Waals surface area (Å²) in [6.45, 7) is 6.77. The normalized spacial score (nSPS) is 10.8. The summed E-state index contributed by atoms with van der Waals surface area (Å²) in [7, 11) is 1.87. The van der Waals surface area contributed by atoms with Crippen molar-refractivity contribution in [2.24, 2.45) is 5.92 Å². The molecule has 0 unspecified atom stereocenters. The topological polar surface area (TPSA) is 56.3 Å². The van der Waals surface area contributed by atoms with Crippen molar-refractivity contribution >= 4 is 0 Å². The Morgan fingerprint density at radius 3 is 2.82 bits per heavy atom. The zero-order valence-electron chi connectivity index (χ0n) is 10.8. The molecule has 0 spiro atoms. The first-order valence-electron chi connectivity index (χ1n) is 5.88. The molecule has 0 amide bonds. The zero-order valence-corrected chi connectivity index (χ0v) is 10.8. The van der Waals surface area contributed by atoms with Crippen LogP contribution in [-0.2, 0) is 11.3 Å². The van der Waals surface area contributed by atoms with Crippen LogP contribution in [0.4, 0.5) is 0 Å². The molecule has 96 valence electrons. The van der Waals surface area contributed by atoms with Crippen LogP contribution in [0, 0.1) is 5.92 Å². The van der Waals surface area contributed by atoms with Gasteiger partial charge < -0.3 is 14.8 Å². The van der Waals surface area contributed by atoms with Crippen molar-refractivity contribution in [3.8, 4) is 5.88 Å². The van der Waals surface area contributed by atoms with Gasteiger partial charge in [0.25, 0.3) is 0 Å². The molecule has 1 N–H and O–H groups in total. The molecule has 0 saturated heterocycles. The van der Waals surface area contributed by atoms with Gasteiger partial charge >= 0.3 is 0 Å². The first kappa shape index (κ1) is 13.9. The van der Waals surface area contributed by atoms with E-state index in [0.717, 1.165) is 12.3 Å². The number of hydrogen-bond donors (Lipinski definition) is 1. The lowest BCUT2D eigenvalue weighted by Crippen LogP contribution is -2.12. The van der Waals surface area contributed by atoms with Crippen LogP contribution in [0.3, 0.4) is 0 Å². The van der Waals surface area contributed by atoms with E-state index in [1.54, 1.807) is 12.4 Å². The van der Waals surface area contributed by atoms with Crippen LogP contribution in [0.5, 0.6) is 5.88 Å². The molecular weight excluding hydrogens is 218 g/mol. The number of nitrogens with one attached hydrogen (secondary N) is 1. The minimum absolute atomic E-state index is 0.504. The monoisotopic (exact) mass is 239 g/mol. The first-order valence-corrected chi connectivity index (χ1v) is 5.88. The van der Waals surface area contributed by atoms with Crippen LogP contribution >= 0.6 is 0 Å².